The van der Waals surface area contributed by atoms with Crippen molar-refractivity contribution in [3.8, 4) is 21.8 Å². The number of aromatic nitrogens is 4. The molecule has 4 rings (SSSR count). The second-order valence-corrected chi connectivity index (χ2v) is 7.19. The molecule has 0 radical (unpaired) electrons. The Hall–Kier alpha value is -3.45. The van der Waals surface area contributed by atoms with Crippen LogP contribution in [0.25, 0.3) is 21.8 Å². The fourth-order valence-electron chi connectivity index (χ4n) is 2.84. The lowest BCUT2D eigenvalue weighted by atomic mass is 10.0. The number of nitrogens with one attached hydrogen (secondary N) is 1. The van der Waals surface area contributed by atoms with Gasteiger partial charge in [-0.25, -0.2) is 9.97 Å². The SMILES string of the molecule is Cc1cnccc1C(=O)Nc1cnc(-c2cc(-c3nccs3)ccc2C)cn1. The third-order valence-corrected chi connectivity index (χ3v) is 5.17. The number of thiazole rings is 1. The highest BCUT2D eigenvalue weighted by Gasteiger charge is 2.12. The summed E-state index contributed by atoms with van der Waals surface area (Å²) in [6, 6.07) is 7.85. The molecule has 0 unspecified atom stereocenters. The largest absolute Gasteiger partial charge is 0.305 e. The fourth-order valence-corrected chi connectivity index (χ4v) is 3.48. The molecule has 0 fully saturated rings. The van der Waals surface area contributed by atoms with E-state index < -0.39 is 0 Å². The van der Waals surface area contributed by atoms with E-state index >= 15 is 0 Å². The van der Waals surface area contributed by atoms with Crippen molar-refractivity contribution >= 4 is 23.1 Å². The molecule has 1 aromatic carbocycles. The number of anilines is 1. The Bertz CT molecular complexity index is 1120. The van der Waals surface area contributed by atoms with Crippen molar-refractivity contribution < 1.29 is 4.79 Å². The summed E-state index contributed by atoms with van der Waals surface area (Å²) < 4.78 is 0. The van der Waals surface area contributed by atoms with Crippen LogP contribution in [0.2, 0.25) is 0 Å². The Labute approximate surface area is 166 Å². The molecule has 1 amide bonds. The fraction of sp³-hybridized carbons (Fsp3) is 0.0952. The number of aryl methyl sites for hydroxylation is 2. The van der Waals surface area contributed by atoms with Crippen LogP contribution in [0.4, 0.5) is 5.82 Å². The van der Waals surface area contributed by atoms with Gasteiger partial charge in [-0.15, -0.1) is 11.3 Å². The average molecular weight is 387 g/mol. The highest BCUT2D eigenvalue weighted by atomic mass is 32.1. The van der Waals surface area contributed by atoms with Gasteiger partial charge in [-0.05, 0) is 37.1 Å². The number of carbonyl (C=O) groups excluding carboxylic acids is 1. The van der Waals surface area contributed by atoms with Gasteiger partial charge in [-0.1, -0.05) is 12.1 Å². The highest BCUT2D eigenvalue weighted by molar-refractivity contribution is 7.13. The lowest BCUT2D eigenvalue weighted by Crippen LogP contribution is -2.14. The Kier molecular flexibility index (Phi) is 4.90. The zero-order valence-corrected chi connectivity index (χ0v) is 16.2. The van der Waals surface area contributed by atoms with E-state index in [4.69, 9.17) is 0 Å². The summed E-state index contributed by atoms with van der Waals surface area (Å²) in [5.74, 6) is 0.169. The summed E-state index contributed by atoms with van der Waals surface area (Å²) in [6.07, 6.45) is 8.28. The van der Waals surface area contributed by atoms with Crippen LogP contribution in [0.3, 0.4) is 0 Å². The summed E-state index contributed by atoms with van der Waals surface area (Å²) in [4.78, 5) is 29.6. The molecule has 0 aliphatic rings. The lowest BCUT2D eigenvalue weighted by molar-refractivity contribution is 0.102. The van der Waals surface area contributed by atoms with Crippen LogP contribution in [0.5, 0.6) is 0 Å². The summed E-state index contributed by atoms with van der Waals surface area (Å²) in [5.41, 5.74) is 5.24. The van der Waals surface area contributed by atoms with E-state index in [1.807, 2.05) is 19.2 Å². The van der Waals surface area contributed by atoms with E-state index in [0.717, 1.165) is 33.0 Å². The van der Waals surface area contributed by atoms with Crippen molar-refractivity contribution in [2.24, 2.45) is 0 Å². The van der Waals surface area contributed by atoms with Crippen LogP contribution >= 0.6 is 11.3 Å². The Morgan fingerprint density at radius 2 is 1.86 bits per heavy atom. The topological polar surface area (TPSA) is 80.7 Å². The number of amides is 1. The van der Waals surface area contributed by atoms with Gasteiger partial charge in [0.25, 0.3) is 5.91 Å². The zero-order chi connectivity index (χ0) is 19.5. The third-order valence-electron chi connectivity index (χ3n) is 4.35. The second-order valence-electron chi connectivity index (χ2n) is 6.30. The molecule has 0 aliphatic heterocycles. The van der Waals surface area contributed by atoms with E-state index in [1.165, 1.54) is 0 Å². The van der Waals surface area contributed by atoms with E-state index in [2.05, 4.69) is 43.5 Å². The lowest BCUT2D eigenvalue weighted by Gasteiger charge is -2.09. The molecule has 3 aromatic heterocycles. The molecular weight excluding hydrogens is 370 g/mol. The van der Waals surface area contributed by atoms with Gasteiger partial charge in [0.15, 0.2) is 5.82 Å². The van der Waals surface area contributed by atoms with Gasteiger partial charge in [-0.3, -0.25) is 14.8 Å². The maximum atomic E-state index is 12.4. The Morgan fingerprint density at radius 3 is 2.57 bits per heavy atom. The van der Waals surface area contributed by atoms with Gasteiger partial charge in [0.2, 0.25) is 0 Å². The zero-order valence-electron chi connectivity index (χ0n) is 15.4. The van der Waals surface area contributed by atoms with Gasteiger partial charge in [0, 0.05) is 40.7 Å². The van der Waals surface area contributed by atoms with Gasteiger partial charge in [-0.2, -0.15) is 0 Å². The smallest absolute Gasteiger partial charge is 0.257 e. The number of carbonyl (C=O) groups is 1. The number of nitrogens with zero attached hydrogens (tertiary/aromatic N) is 4. The van der Waals surface area contributed by atoms with Crippen LogP contribution in [-0.2, 0) is 0 Å². The van der Waals surface area contributed by atoms with Crippen molar-refractivity contribution in [1.82, 2.24) is 19.9 Å². The van der Waals surface area contributed by atoms with Crippen molar-refractivity contribution in [2.45, 2.75) is 13.8 Å². The molecule has 0 bridgehead atoms. The van der Waals surface area contributed by atoms with Crippen LogP contribution in [-0.4, -0.2) is 25.8 Å². The first-order valence-corrected chi connectivity index (χ1v) is 9.54. The first kappa shape index (κ1) is 17.9. The van der Waals surface area contributed by atoms with Crippen molar-refractivity contribution in [1.29, 1.82) is 0 Å². The summed E-state index contributed by atoms with van der Waals surface area (Å²) >= 11 is 1.59. The normalized spacial score (nSPS) is 10.6. The Balaban J connectivity index is 1.58. The monoisotopic (exact) mass is 387 g/mol. The molecule has 28 heavy (non-hydrogen) atoms. The summed E-state index contributed by atoms with van der Waals surface area (Å²) in [7, 11) is 0. The maximum Gasteiger partial charge on any atom is 0.257 e. The molecule has 0 atom stereocenters. The van der Waals surface area contributed by atoms with Gasteiger partial charge in [0.05, 0.1) is 18.1 Å². The molecule has 0 saturated carbocycles. The van der Waals surface area contributed by atoms with E-state index in [0.29, 0.717) is 11.4 Å². The molecule has 0 saturated heterocycles. The maximum absolute atomic E-state index is 12.4. The quantitative estimate of drug-likeness (QED) is 0.556. The van der Waals surface area contributed by atoms with Gasteiger partial charge in [0.1, 0.15) is 5.01 Å². The first-order valence-electron chi connectivity index (χ1n) is 8.67. The average Bonchev–Trinajstić information content (AvgIpc) is 3.24. The first-order chi connectivity index (χ1) is 13.6. The minimum absolute atomic E-state index is 0.233. The predicted octanol–water partition coefficient (Wildman–Crippen LogP) is 4.53. The highest BCUT2D eigenvalue weighted by Crippen LogP contribution is 2.29. The van der Waals surface area contributed by atoms with Crippen molar-refractivity contribution in [2.75, 3.05) is 5.32 Å². The molecule has 7 heteroatoms. The van der Waals surface area contributed by atoms with E-state index in [1.54, 1.807) is 48.4 Å². The molecule has 3 heterocycles. The summed E-state index contributed by atoms with van der Waals surface area (Å²) in [5, 5.41) is 5.70. The van der Waals surface area contributed by atoms with Crippen LogP contribution in [0.1, 0.15) is 21.5 Å². The minimum atomic E-state index is -0.233. The molecule has 6 nitrogen and oxygen atoms in total. The van der Waals surface area contributed by atoms with Crippen molar-refractivity contribution in [3.63, 3.8) is 0 Å². The second kappa shape index (κ2) is 7.66. The molecule has 138 valence electrons. The predicted molar refractivity (Wildman–Crippen MR) is 110 cm³/mol. The summed E-state index contributed by atoms with van der Waals surface area (Å²) in [6.45, 7) is 3.87. The number of pyridine rings is 1. The number of hydrogen-bond acceptors (Lipinski definition) is 6. The standard InChI is InChI=1S/C21H17N5OS/c1-13-3-4-15(21-23-7-8-28-21)9-17(13)18-11-25-19(12-24-18)26-20(27)16-5-6-22-10-14(16)2/h3-12H,1-2H3,(H,25,26,27). The van der Waals surface area contributed by atoms with E-state index in [-0.39, 0.29) is 5.91 Å². The molecule has 4 aromatic rings. The molecule has 1 N–H and O–H groups in total. The number of rotatable bonds is 4. The van der Waals surface area contributed by atoms with Crippen LogP contribution in [0, 0.1) is 13.8 Å². The Morgan fingerprint density at radius 1 is 0.964 bits per heavy atom. The van der Waals surface area contributed by atoms with Crippen LogP contribution in [0.15, 0.2) is 60.6 Å². The van der Waals surface area contributed by atoms with Gasteiger partial charge < -0.3 is 5.32 Å². The molecule has 0 aliphatic carbocycles. The number of hydrogen-bond donors (Lipinski definition) is 1. The minimum Gasteiger partial charge on any atom is -0.305 e. The van der Waals surface area contributed by atoms with Gasteiger partial charge >= 0.3 is 0 Å². The molecule has 0 spiro atoms. The van der Waals surface area contributed by atoms with E-state index in [9.17, 15) is 4.79 Å². The van der Waals surface area contributed by atoms with Crippen molar-refractivity contribution in [3.05, 3.63) is 77.3 Å². The van der Waals surface area contributed by atoms with Crippen LogP contribution < -0.4 is 5.32 Å². The molecular formula is C21H17N5OS. The third kappa shape index (κ3) is 3.65. The number of benzene rings is 1.